The molecule has 1 amide bonds. The van der Waals surface area contributed by atoms with Crippen molar-refractivity contribution in [3.05, 3.63) is 45.9 Å². The van der Waals surface area contributed by atoms with E-state index in [0.29, 0.717) is 55.8 Å². The number of nitrogens with one attached hydrogen (secondary N) is 2. The number of ether oxygens (including phenoxy) is 3. The average Bonchev–Trinajstić information content (AvgIpc) is 3.65. The molecule has 0 aliphatic carbocycles. The summed E-state index contributed by atoms with van der Waals surface area (Å²) in [5.41, 5.74) is 2.04. The number of unbranched alkanes of at least 4 members (excludes halogenated alkanes) is 12. The van der Waals surface area contributed by atoms with Crippen molar-refractivity contribution in [1.29, 1.82) is 0 Å². The molecule has 1 aliphatic rings. The van der Waals surface area contributed by atoms with E-state index < -0.39 is 0 Å². The average molecular weight is 936 g/mol. The highest BCUT2D eigenvalue weighted by Gasteiger charge is 2.19. The van der Waals surface area contributed by atoms with Crippen molar-refractivity contribution >= 4 is 28.9 Å². The molecule has 1 aliphatic heterocycles. The molecule has 2 N–H and O–H groups in total. The third kappa shape index (κ3) is 22.0. The van der Waals surface area contributed by atoms with Crippen molar-refractivity contribution in [3.63, 3.8) is 0 Å². The van der Waals surface area contributed by atoms with Crippen LogP contribution in [0.15, 0.2) is 29.1 Å². The van der Waals surface area contributed by atoms with Crippen LogP contribution in [0.3, 0.4) is 0 Å². The molecule has 0 spiro atoms. The topological polar surface area (TPSA) is 150 Å². The second-order valence-electron chi connectivity index (χ2n) is 18.6. The molecule has 0 saturated carbocycles. The summed E-state index contributed by atoms with van der Waals surface area (Å²) in [6.45, 7) is 19.7. The lowest BCUT2D eigenvalue weighted by atomic mass is 10.1. The summed E-state index contributed by atoms with van der Waals surface area (Å²) in [6, 6.07) is 7.71. The van der Waals surface area contributed by atoms with Crippen LogP contribution in [0.25, 0.3) is 11.2 Å². The quantitative estimate of drug-likeness (QED) is 0.0418. The summed E-state index contributed by atoms with van der Waals surface area (Å²) >= 11 is 0. The molecule has 0 unspecified atom stereocenters. The Kier molecular flexibility index (Phi) is 27.9. The SMILES string of the molecule is CCCCCCCCCCCCN(CC)CCCN(C)CCCCCC(=O)Nc1nc(OCCCC)nc2c1[nH]c(=O)n2CCCN(CCCN1CCOCC1)Cc1cccc(C(=O)OC)c1. The summed E-state index contributed by atoms with van der Waals surface area (Å²) in [5, 5.41) is 2.98. The van der Waals surface area contributed by atoms with Crippen LogP contribution in [0.1, 0.15) is 159 Å². The van der Waals surface area contributed by atoms with E-state index in [9.17, 15) is 14.4 Å². The number of rotatable bonds is 38. The van der Waals surface area contributed by atoms with Crippen molar-refractivity contribution < 1.29 is 23.8 Å². The highest BCUT2D eigenvalue weighted by atomic mass is 16.5. The molecular formula is C52H89N9O6. The molecule has 4 rings (SSSR count). The molecule has 0 atom stereocenters. The first-order chi connectivity index (χ1) is 32.7. The standard InChI is InChI=1S/C52H89N9O6/c1-6-9-11-12-13-14-15-16-17-21-31-58(8-3)32-23-30-57(4)29-20-18-19-28-46(62)53-48-47-49(56-51(55-48)67-39-10-7-2)61(52(64)54-47)36-25-35-60(34-24-33-59-37-40-66-41-38-59)43-44-26-22-27-45(42-44)50(63)65-5/h22,26-27,42H,6-21,23-25,28-41,43H2,1-5H3,(H,54,64)(H,53,55,56,62). The molecule has 3 aromatic rings. The molecule has 67 heavy (non-hydrogen) atoms. The number of carbonyl (C=O) groups excluding carboxylic acids is 2. The van der Waals surface area contributed by atoms with Crippen LogP contribution >= 0.6 is 0 Å². The number of fused-ring (bicyclic) bond motifs is 1. The van der Waals surface area contributed by atoms with Gasteiger partial charge in [0.25, 0.3) is 0 Å². The maximum atomic E-state index is 13.5. The third-order valence-electron chi connectivity index (χ3n) is 13.0. The normalized spacial score (nSPS) is 13.4. The Morgan fingerprint density at radius 3 is 2.12 bits per heavy atom. The number of morpholine rings is 1. The van der Waals surface area contributed by atoms with Gasteiger partial charge >= 0.3 is 17.7 Å². The Morgan fingerprint density at radius 2 is 1.40 bits per heavy atom. The van der Waals surface area contributed by atoms with E-state index in [1.54, 1.807) is 10.6 Å². The molecule has 1 fully saturated rings. The molecule has 15 heteroatoms. The van der Waals surface area contributed by atoms with E-state index in [1.165, 1.54) is 84.3 Å². The number of amides is 1. The van der Waals surface area contributed by atoms with E-state index in [0.717, 1.165) is 110 Å². The van der Waals surface area contributed by atoms with Crippen molar-refractivity contribution in [2.45, 2.75) is 156 Å². The predicted molar refractivity (Wildman–Crippen MR) is 271 cm³/mol. The molecule has 1 aromatic carbocycles. The number of aromatic nitrogens is 4. The minimum Gasteiger partial charge on any atom is -0.465 e. The second-order valence-corrected chi connectivity index (χ2v) is 18.6. The van der Waals surface area contributed by atoms with E-state index >= 15 is 0 Å². The zero-order valence-corrected chi connectivity index (χ0v) is 42.4. The maximum absolute atomic E-state index is 13.5. The van der Waals surface area contributed by atoms with Crippen LogP contribution in [0.4, 0.5) is 5.82 Å². The first-order valence-electron chi connectivity index (χ1n) is 26.3. The zero-order chi connectivity index (χ0) is 47.9. The Hall–Kier alpha value is -3.89. The van der Waals surface area contributed by atoms with Crippen LogP contribution in [0.5, 0.6) is 6.01 Å². The van der Waals surface area contributed by atoms with Gasteiger partial charge in [0.1, 0.15) is 5.52 Å². The molecule has 3 heterocycles. The van der Waals surface area contributed by atoms with E-state index in [-0.39, 0.29) is 29.4 Å². The monoisotopic (exact) mass is 936 g/mol. The molecule has 0 bridgehead atoms. The summed E-state index contributed by atoms with van der Waals surface area (Å²) in [4.78, 5) is 61.1. The lowest BCUT2D eigenvalue weighted by molar-refractivity contribution is -0.116. The van der Waals surface area contributed by atoms with Crippen LogP contribution in [-0.2, 0) is 27.4 Å². The predicted octanol–water partition coefficient (Wildman–Crippen LogP) is 8.76. The summed E-state index contributed by atoms with van der Waals surface area (Å²) < 4.78 is 18.1. The van der Waals surface area contributed by atoms with E-state index in [1.807, 2.05) is 18.2 Å². The van der Waals surface area contributed by atoms with Gasteiger partial charge in [-0.05, 0) is 116 Å². The maximum Gasteiger partial charge on any atom is 0.337 e. The number of H-pyrrole nitrogens is 1. The molecule has 378 valence electrons. The van der Waals surface area contributed by atoms with Crippen LogP contribution in [0.2, 0.25) is 0 Å². The summed E-state index contributed by atoms with van der Waals surface area (Å²) in [5.74, 6) is -0.239. The Morgan fingerprint density at radius 1 is 0.761 bits per heavy atom. The van der Waals surface area contributed by atoms with E-state index in [4.69, 9.17) is 14.2 Å². The number of benzene rings is 1. The zero-order valence-electron chi connectivity index (χ0n) is 42.4. The molecule has 2 aromatic heterocycles. The first kappa shape index (κ1) is 55.7. The number of hydrogen-bond donors (Lipinski definition) is 2. The van der Waals surface area contributed by atoms with Crippen molar-refractivity contribution in [2.75, 3.05) is 105 Å². The van der Waals surface area contributed by atoms with Gasteiger partial charge < -0.3 is 34.3 Å². The Balaban J connectivity index is 1.24. The largest absolute Gasteiger partial charge is 0.465 e. The molecule has 15 nitrogen and oxygen atoms in total. The third-order valence-corrected chi connectivity index (χ3v) is 13.0. The number of nitrogens with zero attached hydrogens (tertiary/aromatic N) is 7. The first-order valence-corrected chi connectivity index (χ1v) is 26.3. The van der Waals surface area contributed by atoms with Gasteiger partial charge in [-0.3, -0.25) is 19.2 Å². The van der Waals surface area contributed by atoms with Crippen LogP contribution in [-0.4, -0.2) is 150 Å². The fraction of sp³-hybridized carbons (Fsp3) is 0.750. The lowest BCUT2D eigenvalue weighted by Gasteiger charge is -2.28. The molecule has 1 saturated heterocycles. The number of carbonyl (C=O) groups is 2. The Labute approximate surface area is 403 Å². The van der Waals surface area contributed by atoms with Gasteiger partial charge in [0.2, 0.25) is 5.91 Å². The lowest BCUT2D eigenvalue weighted by Crippen LogP contribution is -2.38. The van der Waals surface area contributed by atoms with Crippen molar-refractivity contribution in [1.82, 2.24) is 39.1 Å². The summed E-state index contributed by atoms with van der Waals surface area (Å²) in [6.07, 6.45) is 21.5. The second kappa shape index (κ2) is 33.6. The van der Waals surface area contributed by atoms with Crippen molar-refractivity contribution in [3.8, 4) is 6.01 Å². The van der Waals surface area contributed by atoms with Gasteiger partial charge in [-0.15, -0.1) is 0 Å². The number of methoxy groups -OCH3 is 1. The highest BCUT2D eigenvalue weighted by Crippen LogP contribution is 2.22. The van der Waals surface area contributed by atoms with Gasteiger partial charge in [0, 0.05) is 39.1 Å². The van der Waals surface area contributed by atoms with Crippen LogP contribution < -0.4 is 15.7 Å². The summed E-state index contributed by atoms with van der Waals surface area (Å²) in [7, 11) is 3.60. The Bertz CT molecular complexity index is 1860. The highest BCUT2D eigenvalue weighted by molar-refractivity contribution is 5.97. The smallest absolute Gasteiger partial charge is 0.337 e. The van der Waals surface area contributed by atoms with Gasteiger partial charge in [-0.25, -0.2) is 9.59 Å². The fourth-order valence-corrected chi connectivity index (χ4v) is 8.88. The minimum atomic E-state index is -0.358. The van der Waals surface area contributed by atoms with Gasteiger partial charge in [-0.1, -0.05) is 104 Å². The van der Waals surface area contributed by atoms with Gasteiger partial charge in [0.05, 0.1) is 32.5 Å². The minimum absolute atomic E-state index is 0.142. The number of hydrogen-bond acceptors (Lipinski definition) is 12. The molecule has 0 radical (unpaired) electrons. The van der Waals surface area contributed by atoms with Crippen molar-refractivity contribution in [2.24, 2.45) is 0 Å². The fourth-order valence-electron chi connectivity index (χ4n) is 8.88. The van der Waals surface area contributed by atoms with E-state index in [2.05, 4.69) is 67.7 Å². The number of anilines is 1. The number of imidazole rings is 1. The van der Waals surface area contributed by atoms with Gasteiger partial charge in [0.15, 0.2) is 11.5 Å². The van der Waals surface area contributed by atoms with Gasteiger partial charge in [-0.2, -0.15) is 9.97 Å². The number of aromatic amines is 1. The van der Waals surface area contributed by atoms with Crippen LogP contribution in [0, 0.1) is 0 Å². The number of aryl methyl sites for hydroxylation is 1. The number of esters is 1. The molecular weight excluding hydrogens is 847 g/mol.